The summed E-state index contributed by atoms with van der Waals surface area (Å²) in [6, 6.07) is -1.32. The fourth-order valence-electron chi connectivity index (χ4n) is 3.99. The lowest BCUT2D eigenvalue weighted by Crippen LogP contribution is -2.66. The highest BCUT2D eigenvalue weighted by molar-refractivity contribution is 4.95. The Labute approximate surface area is 193 Å². The van der Waals surface area contributed by atoms with Crippen LogP contribution < -0.4 is 5.73 Å². The van der Waals surface area contributed by atoms with E-state index in [9.17, 15) is 51.1 Å². The zero-order valence-corrected chi connectivity index (χ0v) is 17.9. The number of aliphatic hydroxyl groups is 10. The number of aliphatic hydroxyl groups excluding tert-OH is 10. The van der Waals surface area contributed by atoms with Crippen LogP contribution in [0, 0.1) is 0 Å². The molecule has 0 spiro atoms. The molecule has 3 saturated heterocycles. The predicted molar refractivity (Wildman–Crippen MR) is 103 cm³/mol. The lowest BCUT2D eigenvalue weighted by atomic mass is 9.96. The van der Waals surface area contributed by atoms with E-state index in [4.69, 9.17) is 29.4 Å². The van der Waals surface area contributed by atoms with Crippen molar-refractivity contribution in [2.75, 3.05) is 19.8 Å². The average Bonchev–Trinajstić information content (AvgIpc) is 2.82. The maximum atomic E-state index is 10.3. The van der Waals surface area contributed by atoms with Gasteiger partial charge >= 0.3 is 0 Å². The first-order valence-corrected chi connectivity index (χ1v) is 10.7. The highest BCUT2D eigenvalue weighted by Crippen LogP contribution is 2.29. The summed E-state index contributed by atoms with van der Waals surface area (Å²) >= 11 is 0. The SMILES string of the molecule is N[C@H]1C(O)O[C@H](CO)[C@@H](O[C@H]2O[C@H](CO[C@H]3O[C@H](CO)[C@@H](O)[C@H](O)[C@@H]3O)[C@@H](O)[C@H](O)[C@@H]2O)[C@@H]1O. The zero-order valence-electron chi connectivity index (χ0n) is 17.9. The first-order chi connectivity index (χ1) is 16.0. The second-order valence-corrected chi connectivity index (χ2v) is 8.46. The Balaban J connectivity index is 1.66. The third-order valence-corrected chi connectivity index (χ3v) is 6.15. The van der Waals surface area contributed by atoms with E-state index in [0.717, 1.165) is 0 Å². The number of rotatable bonds is 7. The number of hydrogen-bond donors (Lipinski definition) is 11. The second-order valence-electron chi connectivity index (χ2n) is 8.46. The highest BCUT2D eigenvalue weighted by atomic mass is 16.7. The summed E-state index contributed by atoms with van der Waals surface area (Å²) in [7, 11) is 0. The molecular weight excluding hydrogens is 470 g/mol. The van der Waals surface area contributed by atoms with Crippen LogP contribution in [0.1, 0.15) is 0 Å². The van der Waals surface area contributed by atoms with Gasteiger partial charge in [-0.15, -0.1) is 0 Å². The highest BCUT2D eigenvalue weighted by Gasteiger charge is 2.50. The molecule has 16 nitrogen and oxygen atoms in total. The van der Waals surface area contributed by atoms with Gasteiger partial charge in [0, 0.05) is 0 Å². The molecule has 3 aliphatic heterocycles. The maximum Gasteiger partial charge on any atom is 0.187 e. The molecule has 0 aromatic rings. The Kier molecular flexibility index (Phi) is 9.54. The summed E-state index contributed by atoms with van der Waals surface area (Å²) in [5, 5.41) is 99.3. The lowest BCUT2D eigenvalue weighted by Gasteiger charge is -2.46. The van der Waals surface area contributed by atoms with Crippen LogP contribution in [0.2, 0.25) is 0 Å². The third-order valence-electron chi connectivity index (χ3n) is 6.15. The zero-order chi connectivity index (χ0) is 25.3. The second kappa shape index (κ2) is 11.6. The number of ether oxygens (including phenoxy) is 5. The summed E-state index contributed by atoms with van der Waals surface area (Å²) < 4.78 is 26.5. The minimum absolute atomic E-state index is 0.584. The normalized spacial score (nSPS) is 52.5. The van der Waals surface area contributed by atoms with Crippen molar-refractivity contribution in [2.24, 2.45) is 5.73 Å². The molecule has 0 radical (unpaired) electrons. The van der Waals surface area contributed by atoms with E-state index in [1.165, 1.54) is 0 Å². The Morgan fingerprint density at radius 1 is 0.588 bits per heavy atom. The summed E-state index contributed by atoms with van der Waals surface area (Å²) in [6.07, 6.45) is -22.1. The van der Waals surface area contributed by atoms with Gasteiger partial charge in [0.25, 0.3) is 0 Å². The van der Waals surface area contributed by atoms with Crippen LogP contribution in [-0.2, 0) is 23.7 Å². The molecule has 34 heavy (non-hydrogen) atoms. The van der Waals surface area contributed by atoms with Crippen molar-refractivity contribution in [1.82, 2.24) is 0 Å². The van der Waals surface area contributed by atoms with Crippen molar-refractivity contribution < 1.29 is 74.7 Å². The standard InChI is InChI=1S/C18H33NO15/c19-7-10(24)15(5(2-21)31-16(7)29)34-18-14(28)12(26)9(23)6(33-18)3-30-17-13(27)11(25)8(22)4(1-20)32-17/h4-18,20-29H,1-3,19H2/t4-,5-,6-,7-,8-,9-,10-,11+,12+,13+,14+,15-,16?,17+,18-/m1/s1. The van der Waals surface area contributed by atoms with Gasteiger partial charge in [-0.05, 0) is 0 Å². The van der Waals surface area contributed by atoms with Crippen LogP contribution in [0.15, 0.2) is 0 Å². The van der Waals surface area contributed by atoms with E-state index in [0.29, 0.717) is 0 Å². The molecule has 1 unspecified atom stereocenters. The quantitative estimate of drug-likeness (QED) is 0.154. The molecule has 3 rings (SSSR count). The Morgan fingerprint density at radius 3 is 1.71 bits per heavy atom. The smallest absolute Gasteiger partial charge is 0.187 e. The largest absolute Gasteiger partial charge is 0.394 e. The molecule has 0 aromatic heterocycles. The number of hydrogen-bond acceptors (Lipinski definition) is 16. The molecule has 200 valence electrons. The first kappa shape index (κ1) is 27.9. The van der Waals surface area contributed by atoms with E-state index >= 15 is 0 Å². The van der Waals surface area contributed by atoms with E-state index in [1.807, 2.05) is 0 Å². The van der Waals surface area contributed by atoms with Crippen molar-refractivity contribution in [3.05, 3.63) is 0 Å². The van der Waals surface area contributed by atoms with Gasteiger partial charge in [-0.2, -0.15) is 0 Å². The minimum atomic E-state index is -1.83. The minimum Gasteiger partial charge on any atom is -0.394 e. The summed E-state index contributed by atoms with van der Waals surface area (Å²) in [5.74, 6) is 0. The average molecular weight is 503 g/mol. The van der Waals surface area contributed by atoms with E-state index in [-0.39, 0.29) is 0 Å². The molecule has 0 saturated carbocycles. The van der Waals surface area contributed by atoms with Crippen molar-refractivity contribution >= 4 is 0 Å². The molecule has 0 aliphatic carbocycles. The topological polar surface area (TPSA) is 274 Å². The van der Waals surface area contributed by atoms with Crippen LogP contribution in [0.3, 0.4) is 0 Å². The van der Waals surface area contributed by atoms with E-state index in [2.05, 4.69) is 0 Å². The molecule has 3 fully saturated rings. The summed E-state index contributed by atoms with van der Waals surface area (Å²) in [4.78, 5) is 0. The van der Waals surface area contributed by atoms with Crippen molar-refractivity contribution in [3.8, 4) is 0 Å². The fraction of sp³-hybridized carbons (Fsp3) is 1.00. The molecule has 15 atom stereocenters. The lowest BCUT2D eigenvalue weighted by molar-refractivity contribution is -0.354. The van der Waals surface area contributed by atoms with E-state index < -0.39 is 112 Å². The van der Waals surface area contributed by atoms with Crippen LogP contribution in [0.25, 0.3) is 0 Å². The van der Waals surface area contributed by atoms with Crippen molar-refractivity contribution in [3.63, 3.8) is 0 Å². The van der Waals surface area contributed by atoms with Crippen molar-refractivity contribution in [1.29, 1.82) is 0 Å². The molecular formula is C18H33NO15. The van der Waals surface area contributed by atoms with E-state index in [1.54, 1.807) is 0 Å². The van der Waals surface area contributed by atoms with Gasteiger partial charge in [-0.1, -0.05) is 0 Å². The third kappa shape index (κ3) is 5.52. The van der Waals surface area contributed by atoms with Gasteiger partial charge < -0.3 is 80.5 Å². The van der Waals surface area contributed by atoms with Crippen LogP contribution in [-0.4, -0.2) is 163 Å². The van der Waals surface area contributed by atoms with Crippen LogP contribution in [0.4, 0.5) is 0 Å². The van der Waals surface area contributed by atoms with Gasteiger partial charge in [-0.25, -0.2) is 0 Å². The van der Waals surface area contributed by atoms with Gasteiger partial charge in [-0.3, -0.25) is 0 Å². The predicted octanol–water partition coefficient (Wildman–Crippen LogP) is -7.61. The monoisotopic (exact) mass is 503 g/mol. The Hall–Kier alpha value is -0.640. The molecule has 3 aliphatic rings. The van der Waals surface area contributed by atoms with Crippen molar-refractivity contribution in [2.45, 2.75) is 92.1 Å². The summed E-state index contributed by atoms with van der Waals surface area (Å²) in [5.41, 5.74) is 5.64. The molecule has 16 heteroatoms. The molecule has 12 N–H and O–H groups in total. The first-order valence-electron chi connectivity index (χ1n) is 10.7. The van der Waals surface area contributed by atoms with Gasteiger partial charge in [0.2, 0.25) is 0 Å². The molecule has 0 bridgehead atoms. The Morgan fingerprint density at radius 2 is 1.12 bits per heavy atom. The van der Waals surface area contributed by atoms with Gasteiger partial charge in [0.05, 0.1) is 25.9 Å². The van der Waals surface area contributed by atoms with Gasteiger partial charge in [0.15, 0.2) is 18.9 Å². The van der Waals surface area contributed by atoms with Gasteiger partial charge in [0.1, 0.15) is 67.1 Å². The molecule has 0 aromatic carbocycles. The summed E-state index contributed by atoms with van der Waals surface area (Å²) in [6.45, 7) is -1.98. The molecule has 3 heterocycles. The van der Waals surface area contributed by atoms with Crippen LogP contribution >= 0.6 is 0 Å². The fourth-order valence-corrected chi connectivity index (χ4v) is 3.99. The number of nitrogens with two attached hydrogens (primary N) is 1. The molecule has 0 amide bonds. The maximum absolute atomic E-state index is 10.3. The Bertz CT molecular complexity index is 642. The van der Waals surface area contributed by atoms with Crippen LogP contribution in [0.5, 0.6) is 0 Å².